The largest absolute Gasteiger partial charge is 0.314 e. The molecule has 5 rings (SSSR count). The van der Waals surface area contributed by atoms with Crippen LogP contribution in [0.4, 0.5) is 0 Å². The smallest absolute Gasteiger partial charge is 0.266 e. The van der Waals surface area contributed by atoms with E-state index in [1.807, 2.05) is 12.3 Å². The average molecular weight is 409 g/mol. The Morgan fingerprint density at radius 3 is 2.77 bits per heavy atom. The first kappa shape index (κ1) is 19.2. The number of aryl methyl sites for hydroxylation is 1. The summed E-state index contributed by atoms with van der Waals surface area (Å²) < 4.78 is 5.61. The Morgan fingerprint density at radius 1 is 1.03 bits per heavy atom. The fourth-order valence-electron chi connectivity index (χ4n) is 4.53. The third-order valence-electron chi connectivity index (χ3n) is 6.28. The van der Waals surface area contributed by atoms with Gasteiger partial charge < -0.3 is 4.57 Å². The zero-order valence-corrected chi connectivity index (χ0v) is 17.2. The molecule has 0 aromatic carbocycles. The van der Waals surface area contributed by atoms with Crippen molar-refractivity contribution in [3.05, 3.63) is 52.6 Å². The first-order valence-electron chi connectivity index (χ1n) is 11.0. The SMILES string of the molecule is O=c1ccc(-n2cccn2)nn1CC1CCN(Cc2nnc3n2CCCCC3)CC1. The van der Waals surface area contributed by atoms with Crippen molar-refractivity contribution in [2.75, 3.05) is 13.1 Å². The molecule has 2 aliphatic heterocycles. The molecule has 0 aliphatic carbocycles. The van der Waals surface area contributed by atoms with Gasteiger partial charge in [0.15, 0.2) is 5.82 Å². The van der Waals surface area contributed by atoms with E-state index < -0.39 is 0 Å². The molecule has 9 nitrogen and oxygen atoms in total. The number of likely N-dealkylation sites (tertiary alicyclic amines) is 1. The molecule has 3 aromatic rings. The molecule has 0 radical (unpaired) electrons. The molecule has 0 amide bonds. The summed E-state index contributed by atoms with van der Waals surface area (Å²) in [6.45, 7) is 4.60. The van der Waals surface area contributed by atoms with Crippen molar-refractivity contribution >= 4 is 0 Å². The van der Waals surface area contributed by atoms with Gasteiger partial charge in [0.05, 0.1) is 6.54 Å². The van der Waals surface area contributed by atoms with Gasteiger partial charge in [0.25, 0.3) is 5.56 Å². The molecule has 9 heteroatoms. The van der Waals surface area contributed by atoms with Crippen LogP contribution in [-0.4, -0.2) is 52.3 Å². The number of hydrogen-bond donors (Lipinski definition) is 0. The monoisotopic (exact) mass is 408 g/mol. The summed E-state index contributed by atoms with van der Waals surface area (Å²) in [5.41, 5.74) is -0.0560. The lowest BCUT2D eigenvalue weighted by molar-refractivity contribution is 0.158. The van der Waals surface area contributed by atoms with Crippen molar-refractivity contribution in [3.8, 4) is 5.82 Å². The maximum Gasteiger partial charge on any atom is 0.266 e. The van der Waals surface area contributed by atoms with E-state index in [4.69, 9.17) is 0 Å². The second-order valence-corrected chi connectivity index (χ2v) is 8.38. The molecule has 0 N–H and O–H groups in total. The molecule has 1 fully saturated rings. The van der Waals surface area contributed by atoms with Crippen LogP contribution in [0, 0.1) is 5.92 Å². The van der Waals surface area contributed by atoms with Crippen LogP contribution >= 0.6 is 0 Å². The van der Waals surface area contributed by atoms with E-state index in [1.54, 1.807) is 27.7 Å². The van der Waals surface area contributed by atoms with Gasteiger partial charge in [0.1, 0.15) is 11.6 Å². The fraction of sp³-hybridized carbons (Fsp3) is 0.571. The Balaban J connectivity index is 1.20. The Kier molecular flexibility index (Phi) is 5.44. The van der Waals surface area contributed by atoms with Crippen molar-refractivity contribution in [2.45, 2.75) is 58.2 Å². The second-order valence-electron chi connectivity index (χ2n) is 8.38. The summed E-state index contributed by atoms with van der Waals surface area (Å²) in [7, 11) is 0. The number of fused-ring (bicyclic) bond motifs is 1. The minimum absolute atomic E-state index is 0.0560. The van der Waals surface area contributed by atoms with E-state index >= 15 is 0 Å². The van der Waals surface area contributed by atoms with Crippen LogP contribution in [0.3, 0.4) is 0 Å². The molecule has 1 saturated heterocycles. The first-order chi connectivity index (χ1) is 14.8. The third kappa shape index (κ3) is 4.07. The van der Waals surface area contributed by atoms with Gasteiger partial charge in [-0.3, -0.25) is 9.69 Å². The summed E-state index contributed by atoms with van der Waals surface area (Å²) in [6, 6.07) is 5.15. The number of rotatable bonds is 5. The lowest BCUT2D eigenvalue weighted by Crippen LogP contribution is -2.37. The van der Waals surface area contributed by atoms with Gasteiger partial charge in [0, 0.05) is 38.0 Å². The van der Waals surface area contributed by atoms with Crippen molar-refractivity contribution < 1.29 is 0 Å². The van der Waals surface area contributed by atoms with Gasteiger partial charge in [-0.25, -0.2) is 9.36 Å². The van der Waals surface area contributed by atoms with Gasteiger partial charge in [0.2, 0.25) is 0 Å². The molecule has 0 atom stereocenters. The van der Waals surface area contributed by atoms with Crippen LogP contribution in [0.1, 0.15) is 43.8 Å². The maximum absolute atomic E-state index is 12.3. The van der Waals surface area contributed by atoms with Gasteiger partial charge in [-0.15, -0.1) is 15.3 Å². The summed E-state index contributed by atoms with van der Waals surface area (Å²) in [5, 5.41) is 17.6. The molecule has 0 spiro atoms. The minimum Gasteiger partial charge on any atom is -0.314 e. The fourth-order valence-corrected chi connectivity index (χ4v) is 4.53. The van der Waals surface area contributed by atoms with Crippen molar-refractivity contribution in [1.29, 1.82) is 0 Å². The highest BCUT2D eigenvalue weighted by atomic mass is 16.1. The average Bonchev–Trinajstić information content (AvgIpc) is 3.36. The van der Waals surface area contributed by atoms with Crippen LogP contribution in [0.25, 0.3) is 5.82 Å². The highest BCUT2D eigenvalue weighted by Gasteiger charge is 2.23. The van der Waals surface area contributed by atoms with E-state index in [0.29, 0.717) is 18.3 Å². The summed E-state index contributed by atoms with van der Waals surface area (Å²) in [6.07, 6.45) is 10.4. The predicted molar refractivity (Wildman–Crippen MR) is 111 cm³/mol. The van der Waals surface area contributed by atoms with Crippen molar-refractivity contribution in [2.24, 2.45) is 5.92 Å². The molecular formula is C21H28N8O. The Hall–Kier alpha value is -2.81. The lowest BCUT2D eigenvalue weighted by atomic mass is 9.97. The molecule has 0 bridgehead atoms. The highest BCUT2D eigenvalue weighted by Crippen LogP contribution is 2.21. The Labute approximate surface area is 175 Å². The van der Waals surface area contributed by atoms with E-state index in [0.717, 1.165) is 57.1 Å². The summed E-state index contributed by atoms with van der Waals surface area (Å²) >= 11 is 0. The zero-order chi connectivity index (χ0) is 20.3. The molecule has 158 valence electrons. The Morgan fingerprint density at radius 2 is 1.93 bits per heavy atom. The van der Waals surface area contributed by atoms with Crippen molar-refractivity contribution in [3.63, 3.8) is 0 Å². The third-order valence-corrected chi connectivity index (χ3v) is 6.28. The standard InChI is InChI=1S/C21H28N8O/c30-21-7-6-19(28-12-4-10-22-28)25-29(21)15-17-8-13-26(14-9-17)16-20-24-23-18-5-2-1-3-11-27(18)20/h4,6-7,10,12,17H,1-3,5,8-9,11,13-16H2. The number of hydrogen-bond acceptors (Lipinski definition) is 6. The van der Waals surface area contributed by atoms with E-state index in [-0.39, 0.29) is 5.56 Å². The molecule has 30 heavy (non-hydrogen) atoms. The summed E-state index contributed by atoms with van der Waals surface area (Å²) in [4.78, 5) is 14.8. The van der Waals surface area contributed by atoms with Gasteiger partial charge in [-0.2, -0.15) is 5.10 Å². The molecular weight excluding hydrogens is 380 g/mol. The number of aromatic nitrogens is 7. The van der Waals surface area contributed by atoms with E-state index in [9.17, 15) is 4.79 Å². The second kappa shape index (κ2) is 8.51. The zero-order valence-electron chi connectivity index (χ0n) is 17.2. The molecule has 5 heterocycles. The molecule has 3 aromatic heterocycles. The molecule has 0 saturated carbocycles. The van der Waals surface area contributed by atoms with Gasteiger partial charge >= 0.3 is 0 Å². The minimum atomic E-state index is -0.0560. The van der Waals surface area contributed by atoms with Gasteiger partial charge in [-0.1, -0.05) is 6.42 Å². The topological polar surface area (TPSA) is 86.7 Å². The lowest BCUT2D eigenvalue weighted by Gasteiger charge is -2.31. The highest BCUT2D eigenvalue weighted by molar-refractivity contribution is 5.17. The van der Waals surface area contributed by atoms with Crippen LogP contribution in [-0.2, 0) is 26.1 Å². The van der Waals surface area contributed by atoms with E-state index in [1.165, 1.54) is 19.3 Å². The van der Waals surface area contributed by atoms with E-state index in [2.05, 4.69) is 29.9 Å². The van der Waals surface area contributed by atoms with Crippen LogP contribution in [0.5, 0.6) is 0 Å². The Bertz CT molecular complexity index is 1030. The van der Waals surface area contributed by atoms with Gasteiger partial charge in [-0.05, 0) is 56.8 Å². The van der Waals surface area contributed by atoms with Crippen molar-refractivity contribution in [1.82, 2.24) is 39.2 Å². The summed E-state index contributed by atoms with van der Waals surface area (Å²) in [5.74, 6) is 3.38. The van der Waals surface area contributed by atoms with Crippen LogP contribution in [0.2, 0.25) is 0 Å². The molecule has 2 aliphatic rings. The normalized spacial score (nSPS) is 18.3. The number of piperidine rings is 1. The van der Waals surface area contributed by atoms with Crippen LogP contribution < -0.4 is 5.56 Å². The molecule has 0 unspecified atom stereocenters. The van der Waals surface area contributed by atoms with Crippen LogP contribution in [0.15, 0.2) is 35.4 Å². The predicted octanol–water partition coefficient (Wildman–Crippen LogP) is 1.66. The quantitative estimate of drug-likeness (QED) is 0.638. The maximum atomic E-state index is 12.3. The first-order valence-corrected chi connectivity index (χ1v) is 11.0. The number of nitrogens with zero attached hydrogens (tertiary/aromatic N) is 8.